The number of pyridine rings is 4. The molecule has 6 aromatic heterocycles. The van der Waals surface area contributed by atoms with Crippen LogP contribution in [-0.4, -0.2) is 35.1 Å². The number of aromatic nitrogens is 7. The van der Waals surface area contributed by atoms with Crippen LogP contribution >= 0.6 is 0 Å². The smallest absolute Gasteiger partial charge is 0.116 e. The second-order valence-corrected chi connectivity index (χ2v) is 10.7. The monoisotopic (exact) mass is 500 g/mol. The van der Waals surface area contributed by atoms with E-state index in [1.807, 2.05) is 55.2 Å². The lowest BCUT2D eigenvalue weighted by Crippen LogP contribution is -2.10. The summed E-state index contributed by atoms with van der Waals surface area (Å²) in [6, 6.07) is 10.2. The predicted octanol–water partition coefficient (Wildman–Crippen LogP) is 6.99. The molecule has 0 saturated heterocycles. The van der Waals surface area contributed by atoms with Gasteiger partial charge >= 0.3 is 0 Å². The van der Waals surface area contributed by atoms with Crippen molar-refractivity contribution in [3.63, 3.8) is 0 Å². The number of rotatable bonds is 6. The van der Waals surface area contributed by atoms with Crippen LogP contribution < -0.4 is 5.32 Å². The molecule has 3 N–H and O–H groups in total. The Kier molecular flexibility index (Phi) is 5.72. The first kappa shape index (κ1) is 23.5. The molecule has 38 heavy (non-hydrogen) atoms. The first-order valence-electron chi connectivity index (χ1n) is 12.5. The summed E-state index contributed by atoms with van der Waals surface area (Å²) in [6.45, 7) is 10.8. The van der Waals surface area contributed by atoms with E-state index in [4.69, 9.17) is 0 Å². The number of H-pyrrole nitrogens is 2. The Hall–Kier alpha value is -4.85. The van der Waals surface area contributed by atoms with Crippen molar-refractivity contribution in [1.29, 1.82) is 0 Å². The zero-order chi connectivity index (χ0) is 26.3. The average Bonchev–Trinajstić information content (AvgIpc) is 3.51. The van der Waals surface area contributed by atoms with Gasteiger partial charge in [0.15, 0.2) is 0 Å². The molecule has 0 aliphatic heterocycles. The molecule has 0 radical (unpaired) electrons. The lowest BCUT2D eigenvalue weighted by Gasteiger charge is -2.20. The van der Waals surface area contributed by atoms with Gasteiger partial charge in [-0.3, -0.25) is 25.0 Å². The predicted molar refractivity (Wildman–Crippen MR) is 152 cm³/mol. The van der Waals surface area contributed by atoms with Crippen LogP contribution in [0.5, 0.6) is 0 Å². The maximum Gasteiger partial charge on any atom is 0.116 e. The Balaban J connectivity index is 1.36. The Bertz CT molecular complexity index is 1770. The molecule has 0 aliphatic rings. The van der Waals surface area contributed by atoms with Crippen LogP contribution in [-0.2, 0) is 0 Å². The van der Waals surface area contributed by atoms with Gasteiger partial charge in [0.1, 0.15) is 5.69 Å². The van der Waals surface area contributed by atoms with Crippen molar-refractivity contribution in [3.8, 4) is 33.8 Å². The SMILES string of the molecule is C=C(CC(C)(C)C)Nc1cncc(-c2cc3c(-c4cc5c(-c6cccnc6)cncc5[nH]4)n[nH]c3cn2)c1. The van der Waals surface area contributed by atoms with Crippen LogP contribution in [0.25, 0.3) is 55.6 Å². The number of hydrogen-bond acceptors (Lipinski definition) is 6. The van der Waals surface area contributed by atoms with Crippen LogP contribution in [0.1, 0.15) is 27.2 Å². The normalized spacial score (nSPS) is 11.8. The summed E-state index contributed by atoms with van der Waals surface area (Å²) in [5, 5.41) is 13.2. The van der Waals surface area contributed by atoms with E-state index in [0.717, 1.165) is 73.4 Å². The summed E-state index contributed by atoms with van der Waals surface area (Å²) in [4.78, 5) is 21.3. The molecule has 0 bridgehead atoms. The van der Waals surface area contributed by atoms with E-state index in [9.17, 15) is 0 Å². The Morgan fingerprint density at radius 3 is 2.55 bits per heavy atom. The van der Waals surface area contributed by atoms with Gasteiger partial charge in [-0.2, -0.15) is 5.10 Å². The number of fused-ring (bicyclic) bond motifs is 2. The highest BCUT2D eigenvalue weighted by molar-refractivity contribution is 6.01. The molecule has 0 unspecified atom stereocenters. The fourth-order valence-electron chi connectivity index (χ4n) is 4.75. The quantitative estimate of drug-likeness (QED) is 0.227. The van der Waals surface area contributed by atoms with Crippen molar-refractivity contribution in [2.24, 2.45) is 5.41 Å². The van der Waals surface area contributed by atoms with Crippen molar-refractivity contribution in [2.45, 2.75) is 27.2 Å². The second-order valence-electron chi connectivity index (χ2n) is 10.7. The number of allylic oxidation sites excluding steroid dienone is 1. The summed E-state index contributed by atoms with van der Waals surface area (Å²) in [5.41, 5.74) is 9.25. The van der Waals surface area contributed by atoms with E-state index < -0.39 is 0 Å². The zero-order valence-corrected chi connectivity index (χ0v) is 21.6. The van der Waals surface area contributed by atoms with Crippen molar-refractivity contribution >= 4 is 27.5 Å². The minimum atomic E-state index is 0.150. The van der Waals surface area contributed by atoms with Gasteiger partial charge in [-0.15, -0.1) is 0 Å². The molecule has 0 amide bonds. The summed E-state index contributed by atoms with van der Waals surface area (Å²) in [5.74, 6) is 0. The van der Waals surface area contributed by atoms with Gasteiger partial charge in [-0.25, -0.2) is 0 Å². The fourth-order valence-corrected chi connectivity index (χ4v) is 4.75. The van der Waals surface area contributed by atoms with Crippen molar-refractivity contribution in [1.82, 2.24) is 35.1 Å². The molecular formula is C30H28N8. The highest BCUT2D eigenvalue weighted by Gasteiger charge is 2.16. The summed E-state index contributed by atoms with van der Waals surface area (Å²) in [6.07, 6.45) is 13.6. The van der Waals surface area contributed by atoms with Crippen molar-refractivity contribution in [3.05, 3.63) is 86.0 Å². The lowest BCUT2D eigenvalue weighted by atomic mass is 9.91. The maximum atomic E-state index is 4.67. The first-order valence-corrected chi connectivity index (χ1v) is 12.5. The van der Waals surface area contributed by atoms with Gasteiger partial charge in [0, 0.05) is 57.9 Å². The molecule has 8 nitrogen and oxygen atoms in total. The zero-order valence-electron chi connectivity index (χ0n) is 21.6. The van der Waals surface area contributed by atoms with Gasteiger partial charge < -0.3 is 10.3 Å². The molecule has 188 valence electrons. The summed E-state index contributed by atoms with van der Waals surface area (Å²) < 4.78 is 0. The minimum absolute atomic E-state index is 0.150. The second kappa shape index (κ2) is 9.23. The Morgan fingerprint density at radius 2 is 1.74 bits per heavy atom. The van der Waals surface area contributed by atoms with Crippen molar-refractivity contribution < 1.29 is 0 Å². The van der Waals surface area contributed by atoms with E-state index >= 15 is 0 Å². The van der Waals surface area contributed by atoms with Gasteiger partial charge in [0.25, 0.3) is 0 Å². The molecule has 0 saturated carbocycles. The molecule has 8 heteroatoms. The average molecular weight is 501 g/mol. The fraction of sp³-hybridized carbons (Fsp3) is 0.167. The third-order valence-electron chi connectivity index (χ3n) is 6.32. The molecule has 6 rings (SSSR count). The summed E-state index contributed by atoms with van der Waals surface area (Å²) >= 11 is 0. The number of nitrogens with zero attached hydrogens (tertiary/aromatic N) is 5. The third kappa shape index (κ3) is 4.64. The molecule has 6 heterocycles. The van der Waals surface area contributed by atoms with Crippen LogP contribution in [0.3, 0.4) is 0 Å². The summed E-state index contributed by atoms with van der Waals surface area (Å²) in [7, 11) is 0. The number of hydrogen-bond donors (Lipinski definition) is 3. The lowest BCUT2D eigenvalue weighted by molar-refractivity contribution is 0.411. The van der Waals surface area contributed by atoms with Crippen LogP contribution in [0.15, 0.2) is 86.0 Å². The van der Waals surface area contributed by atoms with Crippen LogP contribution in [0.2, 0.25) is 0 Å². The molecule has 0 spiro atoms. The van der Waals surface area contributed by atoms with E-state index in [2.05, 4.69) is 73.9 Å². The van der Waals surface area contributed by atoms with Gasteiger partial charge in [0.2, 0.25) is 0 Å². The first-order chi connectivity index (χ1) is 18.3. The van der Waals surface area contributed by atoms with Gasteiger partial charge in [-0.1, -0.05) is 33.4 Å². The third-order valence-corrected chi connectivity index (χ3v) is 6.32. The van der Waals surface area contributed by atoms with Gasteiger partial charge in [-0.05, 0) is 36.1 Å². The van der Waals surface area contributed by atoms with E-state index in [-0.39, 0.29) is 5.41 Å². The number of anilines is 1. The topological polar surface area (TPSA) is 108 Å². The van der Waals surface area contributed by atoms with Crippen LogP contribution in [0.4, 0.5) is 5.69 Å². The number of nitrogens with one attached hydrogen (secondary N) is 3. The molecule has 0 aromatic carbocycles. The van der Waals surface area contributed by atoms with E-state index in [0.29, 0.717) is 0 Å². The molecule has 6 aromatic rings. The van der Waals surface area contributed by atoms with Crippen LogP contribution in [0, 0.1) is 5.41 Å². The number of aromatic amines is 2. The minimum Gasteiger partial charge on any atom is -0.358 e. The standard InChI is InChI=1S/C30H28N8/c1-18(11-30(2,3)4)35-21-8-20(13-32-14-21)25-10-23-28(17-34-25)37-38-29(23)26-9-22-24(15-33-16-27(22)36-26)19-6-5-7-31-12-19/h5-10,12-17,35-36H,1,11H2,2-4H3,(H,37,38). The largest absolute Gasteiger partial charge is 0.358 e. The Labute approximate surface area is 220 Å². The van der Waals surface area contributed by atoms with Gasteiger partial charge in [0.05, 0.1) is 46.7 Å². The molecule has 0 aliphatic carbocycles. The van der Waals surface area contributed by atoms with Crippen molar-refractivity contribution in [2.75, 3.05) is 5.32 Å². The molecule has 0 atom stereocenters. The van der Waals surface area contributed by atoms with E-state index in [1.54, 1.807) is 12.4 Å². The highest BCUT2D eigenvalue weighted by atomic mass is 15.1. The molecular weight excluding hydrogens is 472 g/mol. The maximum absolute atomic E-state index is 4.67. The highest BCUT2D eigenvalue weighted by Crippen LogP contribution is 2.34. The Morgan fingerprint density at radius 1 is 0.895 bits per heavy atom. The van der Waals surface area contributed by atoms with E-state index in [1.165, 1.54) is 0 Å². The molecule has 0 fully saturated rings.